The van der Waals surface area contributed by atoms with Gasteiger partial charge in [0, 0.05) is 68.5 Å². The van der Waals surface area contributed by atoms with Gasteiger partial charge in [-0.25, -0.2) is 76.4 Å². The lowest BCUT2D eigenvalue weighted by Gasteiger charge is -2.27. The molecule has 7 saturated heterocycles. The van der Waals surface area contributed by atoms with Crippen molar-refractivity contribution in [2.45, 2.75) is 201 Å². The maximum atomic E-state index is 15.2. The maximum Gasteiger partial charge on any atom is 0.386 e. The van der Waals surface area contributed by atoms with Gasteiger partial charge in [0.25, 0.3) is 33.4 Å². The second-order valence-electron chi connectivity index (χ2n) is 34.7. The van der Waals surface area contributed by atoms with Crippen LogP contribution >= 0.6 is 133 Å². The fourth-order valence-corrected chi connectivity index (χ4v) is 27.9. The van der Waals surface area contributed by atoms with E-state index in [1.165, 1.54) is 68.2 Å². The van der Waals surface area contributed by atoms with Gasteiger partial charge in [-0.3, -0.25) is 149 Å². The zero-order chi connectivity index (χ0) is 107. The minimum absolute atomic E-state index is 0.00885. The number of aromatic nitrogens is 24. The monoisotopic (exact) mass is 2370 g/mol. The molecule has 19 heterocycles. The van der Waals surface area contributed by atoms with Crippen LogP contribution in [0.4, 0.5) is 29.6 Å². The van der Waals surface area contributed by atoms with E-state index in [1.54, 1.807) is 6.92 Å². The Hall–Kier alpha value is -8.47. The van der Waals surface area contributed by atoms with Crippen LogP contribution in [0.2, 0.25) is 0 Å². The quantitative estimate of drug-likeness (QED) is 0.0186. The molecule has 19 rings (SSSR count). The van der Waals surface area contributed by atoms with Gasteiger partial charge in [-0.05, 0) is 20.3 Å². The molecule has 65 nitrogen and oxygen atoms in total. The van der Waals surface area contributed by atoms with Gasteiger partial charge in [-0.1, -0.05) is 92.7 Å². The van der Waals surface area contributed by atoms with E-state index in [2.05, 4.69) is 170 Å². The number of fused-ring (bicyclic) bond motifs is 5. The third-order valence-corrected chi connectivity index (χ3v) is 35.3. The van der Waals surface area contributed by atoms with Gasteiger partial charge in [0.05, 0.1) is 83.5 Å². The number of nitrogens with one attached hydrogen (secondary N) is 6. The van der Waals surface area contributed by atoms with Crippen molar-refractivity contribution >= 4 is 219 Å². The average molecular weight is 2370 g/mol. The number of hydrogen-bond acceptors (Lipinski definition) is 51. The second kappa shape index (κ2) is 43.2. The minimum Gasteiger partial charge on any atom is -0.382 e. The molecule has 12 aromatic heterocycles. The van der Waals surface area contributed by atoms with E-state index >= 15 is 9.13 Å². The SMILES string of the molecule is CC[C@H]1O[C@@H](n2cc(C)c(=O)[nH]c2=O)CC1OP(=O)(S)OC[C@H]1O[C@@H](n2cnc3c(=O)[nH]c(N)nc32)CC1OP(=O)(S)OC[C@H]1O[C@@H](n2cnc3c(=O)[nH]c(N)nc32)CC1OP(=O)(S)OC[C@H]1O[C@@H](n2cnc3c(=O)[nH]c(N)nc32)CC1OP(=O)(S)OC[C@H]1O[C@@H](n2cc(C)c(=O)[nH]c2=O)CC1OP(=O)(S)OC[C@H]1O[C@@H](n2cnc3c(=O)[nH]c(N)nc32)CC1OP(=O)(S)OC[C@H]1O[C@@H](n2cnc3c(N)ncnc32)CC1OP(=O)(O)S. The summed E-state index contributed by atoms with van der Waals surface area (Å²) in [6, 6.07) is 0. The first-order chi connectivity index (χ1) is 70.8. The van der Waals surface area contributed by atoms with Crippen molar-refractivity contribution in [2.75, 3.05) is 68.3 Å². The molecule has 812 valence electrons. The van der Waals surface area contributed by atoms with Gasteiger partial charge in [-0.15, -0.1) is 0 Å². The van der Waals surface area contributed by atoms with Crippen molar-refractivity contribution in [1.29, 1.82) is 0 Å². The first-order valence-corrected chi connectivity index (χ1v) is 63.4. The van der Waals surface area contributed by atoms with Crippen molar-refractivity contribution < 1.29 is 129 Å². The van der Waals surface area contributed by atoms with Crippen LogP contribution in [-0.4, -0.2) is 247 Å². The number of nitrogens with two attached hydrogens (primary N) is 5. The Bertz CT molecular complexity index is 8130. The van der Waals surface area contributed by atoms with Gasteiger partial charge >= 0.3 is 59.0 Å². The molecule has 12 aromatic rings. The number of H-pyrrole nitrogens is 6. The van der Waals surface area contributed by atoms with Crippen LogP contribution in [-0.2, 0) is 124 Å². The lowest BCUT2D eigenvalue weighted by atomic mass is 10.1. The van der Waals surface area contributed by atoms with Gasteiger partial charge in [-0.2, -0.15) is 19.9 Å². The fourth-order valence-electron chi connectivity index (χ4n) is 17.8. The molecule has 0 saturated carbocycles. The molecule has 7 aliphatic heterocycles. The molecule has 0 aliphatic carbocycles. The van der Waals surface area contributed by atoms with Crippen molar-refractivity contribution in [1.82, 2.24) is 117 Å². The van der Waals surface area contributed by atoms with Crippen LogP contribution in [0.3, 0.4) is 0 Å². The number of aromatic amines is 6. The first-order valence-electron chi connectivity index (χ1n) is 44.5. The summed E-state index contributed by atoms with van der Waals surface area (Å²) < 4.78 is 233. The minimum atomic E-state index is -4.97. The predicted octanol–water partition coefficient (Wildman–Crippen LogP) is 4.46. The zero-order valence-corrected chi connectivity index (χ0v) is 89.6. The van der Waals surface area contributed by atoms with Gasteiger partial charge in [0.1, 0.15) is 129 Å². The molecule has 28 atom stereocenters. The molecule has 0 spiro atoms. The van der Waals surface area contributed by atoms with E-state index in [9.17, 15) is 66.1 Å². The standard InChI is InChI=1S/C71H90N29O36P7S7/c1-4-28-29(5-42(123-28)94-12-26(2)60(101)92-70(94)107)131-138(111,145)118-16-38-32(8-45(126-38)97-22-80-50-56(97)84-66(73)88-62(50)103)135-142(115,149)121-19-41-35(11-48(129-41)100-25-83-53-59(100)87-69(76)91-65(53)106)136-143(116,150)122-18-40-34(10-47(128-40)99-24-82-52-58(99)86-68(75)90-64(52)105)134-141(114,148)119-15-37-31(7-43(124-37)95-13-27(3)61(102)93-71(95)108)132-140(113,147)120-17-39-33(9-46(127-39)98-23-81-51-57(98)85-67(74)89-63(51)104)133-139(112,146)117-14-36-30(130-137(109,110)144)6-44(125-36)96-21-79-49-54(72)77-20-78-55(49)96/h12-13,20-25,28-48H,4-11,14-19H2,1-3H3,(H,111,145)(H,112,146)(H,113,147)(H,114,148)(H,115,149)(H,116,150)(H2,72,77,78)(H,92,101,107)(H,93,102,108)(H2,109,110,144)(H3,73,84,88,103)(H3,74,85,89,104)(H3,75,86,90,105)(H3,76,87,91,106)/t28-,29?,30?,31?,32?,33?,34?,35?,36-,37-,38-,39-,40-,41-,42-,43-,44-,45-,46-,47-,48-,138?,139?,140?,141?,142?,143?/m1/s1. The largest absolute Gasteiger partial charge is 0.386 e. The Morgan fingerprint density at radius 3 is 0.800 bits per heavy atom. The average Bonchev–Trinajstić information content (AvgIpc) is 1.63. The van der Waals surface area contributed by atoms with Gasteiger partial charge in [0.15, 0.2) is 56.1 Å². The van der Waals surface area contributed by atoms with Crippen LogP contribution < -0.4 is 73.4 Å². The third kappa shape index (κ3) is 24.4. The number of thiol groups is 7. The Labute approximate surface area is 872 Å². The van der Waals surface area contributed by atoms with Crippen LogP contribution in [0.1, 0.15) is 113 Å². The van der Waals surface area contributed by atoms with Gasteiger partial charge in [0.2, 0.25) is 23.8 Å². The highest BCUT2D eigenvalue weighted by molar-refractivity contribution is 8.46. The van der Waals surface area contributed by atoms with Crippen LogP contribution in [0.5, 0.6) is 0 Å². The Morgan fingerprint density at radius 1 is 0.320 bits per heavy atom. The highest BCUT2D eigenvalue weighted by atomic mass is 32.7. The molecule has 150 heavy (non-hydrogen) atoms. The van der Waals surface area contributed by atoms with Crippen LogP contribution in [0.25, 0.3) is 55.8 Å². The molecule has 0 radical (unpaired) electrons. The Kier molecular flexibility index (Phi) is 31.7. The molecule has 14 unspecified atom stereocenters. The van der Waals surface area contributed by atoms with Crippen molar-refractivity contribution in [3.63, 3.8) is 0 Å². The van der Waals surface area contributed by atoms with E-state index in [1.807, 2.05) is 0 Å². The molecule has 7 aliphatic rings. The molecule has 79 heteroatoms. The highest BCUT2D eigenvalue weighted by Crippen LogP contribution is 2.65. The molecule has 0 amide bonds. The third-order valence-electron chi connectivity index (χ3n) is 24.6. The predicted molar refractivity (Wildman–Crippen MR) is 540 cm³/mol. The summed E-state index contributed by atoms with van der Waals surface area (Å²) in [5.74, 6) is -1.32. The summed E-state index contributed by atoms with van der Waals surface area (Å²) >= 11 is 29.7. The molecular formula is C71H90N29O36P7S7. The Balaban J connectivity index is 0.549. The topological polar surface area (TPSA) is 862 Å². The van der Waals surface area contributed by atoms with E-state index < -0.39 is 274 Å². The highest BCUT2D eigenvalue weighted by Gasteiger charge is 2.53. The Morgan fingerprint density at radius 2 is 0.547 bits per heavy atom. The number of anilines is 5. The van der Waals surface area contributed by atoms with E-state index in [-0.39, 0.29) is 135 Å². The first kappa shape index (κ1) is 110. The van der Waals surface area contributed by atoms with Crippen LogP contribution in [0.15, 0.2) is 88.7 Å². The smallest absolute Gasteiger partial charge is 0.382 e. The summed E-state index contributed by atoms with van der Waals surface area (Å²) in [5.41, 5.74) is 23.1. The molecular weight excluding hydrogens is 2280 g/mol. The zero-order valence-electron chi connectivity index (χ0n) is 77.1. The number of nitrogens with zero attached hydrogens (tertiary/aromatic N) is 18. The number of nitrogen functional groups attached to an aromatic ring is 5. The molecule has 17 N–H and O–H groups in total. The number of hydrogen-bond donors (Lipinski definition) is 19. The summed E-state index contributed by atoms with van der Waals surface area (Å²) in [7, 11) is 0. The summed E-state index contributed by atoms with van der Waals surface area (Å²) in [4.78, 5) is 174. The van der Waals surface area contributed by atoms with E-state index in [0.717, 1.165) is 28.0 Å². The van der Waals surface area contributed by atoms with E-state index in [4.69, 9.17) is 121 Å². The van der Waals surface area contributed by atoms with Crippen LogP contribution in [0, 0.1) is 13.8 Å². The number of imidazole rings is 5. The number of aryl methyl sites for hydroxylation is 2. The molecule has 0 bridgehead atoms. The molecule has 7 fully saturated rings. The summed E-state index contributed by atoms with van der Waals surface area (Å²) in [6.07, 6.45) is -20.5. The molecule has 0 aromatic carbocycles. The lowest BCUT2D eigenvalue weighted by Crippen LogP contribution is -2.33. The number of rotatable bonds is 40. The van der Waals surface area contributed by atoms with Crippen molar-refractivity contribution in [3.8, 4) is 0 Å². The maximum absolute atomic E-state index is 15.2. The number of ether oxygens (including phenoxy) is 7. The summed E-state index contributed by atoms with van der Waals surface area (Å²) in [5, 5.41) is 0. The van der Waals surface area contributed by atoms with Gasteiger partial charge < -0.3 is 66.7 Å². The normalized spacial score (nSPS) is 29.1. The van der Waals surface area contributed by atoms with Crippen molar-refractivity contribution in [2.24, 2.45) is 0 Å². The lowest BCUT2D eigenvalue weighted by molar-refractivity contribution is -0.0527. The van der Waals surface area contributed by atoms with Crippen molar-refractivity contribution in [3.05, 3.63) is 145 Å². The second-order valence-corrected chi connectivity index (χ2v) is 54.7. The fraction of sp³-hybridized carbons (Fsp3) is 0.535. The summed E-state index contributed by atoms with van der Waals surface area (Å²) in [6.45, 7) is -33.9. The van der Waals surface area contributed by atoms with E-state index in [0.29, 0.717) is 0 Å².